The van der Waals surface area contributed by atoms with Gasteiger partial charge in [0.1, 0.15) is 0 Å². The first-order chi connectivity index (χ1) is 9.67. The van der Waals surface area contributed by atoms with Crippen molar-refractivity contribution in [3.8, 4) is 0 Å². The van der Waals surface area contributed by atoms with Crippen LogP contribution in [0.3, 0.4) is 0 Å². The first kappa shape index (κ1) is 17.4. The molecule has 0 aliphatic carbocycles. The summed E-state index contributed by atoms with van der Waals surface area (Å²) in [5, 5.41) is 13.5. The maximum Gasteiger partial charge on any atom is 0.244 e. The fraction of sp³-hybridized carbons (Fsp3) is 0.357. The molecule has 0 fully saturated rings. The second kappa shape index (κ2) is 10.2. The molecule has 0 aromatic heterocycles. The second-order valence-corrected chi connectivity index (χ2v) is 6.69. The van der Waals surface area contributed by atoms with Crippen LogP contribution in [0.1, 0.15) is 5.56 Å². The number of carbonyl (C=O) groups is 1. The highest BCUT2D eigenvalue weighted by atomic mass is 35.5. The van der Waals surface area contributed by atoms with Crippen molar-refractivity contribution in [1.82, 2.24) is 5.32 Å². The van der Waals surface area contributed by atoms with Gasteiger partial charge in [0.15, 0.2) is 0 Å². The van der Waals surface area contributed by atoms with Crippen LogP contribution in [0, 0.1) is 0 Å². The Bertz CT molecular complexity index is 455. The van der Waals surface area contributed by atoms with Crippen LogP contribution in [0.4, 0.5) is 0 Å². The number of aliphatic hydroxyl groups excluding tert-OH is 1. The zero-order chi connectivity index (χ0) is 14.8. The molecule has 0 radical (unpaired) electrons. The predicted octanol–water partition coefficient (Wildman–Crippen LogP) is 2.88. The second-order valence-electron chi connectivity index (χ2n) is 4.02. The number of amides is 1. The standard InChI is InChI=1S/C14H18ClNO2S2/c1-19-10-20-9-12(8-17)16-14(18)7-6-11-4-2-3-5-13(11)15/h2-7,12,17H,8-10H2,1H3,(H,16,18)/b7-6+. The third kappa shape index (κ3) is 6.70. The predicted molar refractivity (Wildman–Crippen MR) is 90.3 cm³/mol. The minimum atomic E-state index is -0.228. The lowest BCUT2D eigenvalue weighted by atomic mass is 10.2. The number of hydrogen-bond acceptors (Lipinski definition) is 4. The Balaban J connectivity index is 2.47. The van der Waals surface area contributed by atoms with Gasteiger partial charge in [0.05, 0.1) is 12.6 Å². The molecule has 6 heteroatoms. The minimum Gasteiger partial charge on any atom is -0.394 e. The smallest absolute Gasteiger partial charge is 0.244 e. The number of carbonyl (C=O) groups excluding carboxylic acids is 1. The van der Waals surface area contributed by atoms with Gasteiger partial charge >= 0.3 is 0 Å². The number of rotatable bonds is 8. The average molecular weight is 332 g/mol. The van der Waals surface area contributed by atoms with Crippen LogP contribution >= 0.6 is 35.1 Å². The Labute approximate surface area is 133 Å². The van der Waals surface area contributed by atoms with Crippen LogP contribution in [-0.4, -0.2) is 40.8 Å². The fourth-order valence-corrected chi connectivity index (χ4v) is 3.16. The van der Waals surface area contributed by atoms with Crippen LogP contribution in [0.2, 0.25) is 5.02 Å². The molecule has 0 bridgehead atoms. The van der Waals surface area contributed by atoms with Crippen LogP contribution in [0.5, 0.6) is 0 Å². The normalized spacial score (nSPS) is 12.6. The zero-order valence-corrected chi connectivity index (χ0v) is 13.6. The van der Waals surface area contributed by atoms with Crippen molar-refractivity contribution in [2.45, 2.75) is 6.04 Å². The summed E-state index contributed by atoms with van der Waals surface area (Å²) >= 11 is 9.41. The molecule has 1 aromatic carbocycles. The molecular formula is C14H18ClNO2S2. The van der Waals surface area contributed by atoms with Crippen LogP contribution in [0.15, 0.2) is 30.3 Å². The average Bonchev–Trinajstić information content (AvgIpc) is 2.45. The SMILES string of the molecule is CSCSCC(CO)NC(=O)/C=C/c1ccccc1Cl. The van der Waals surface area contributed by atoms with Gasteiger partial charge in [-0.3, -0.25) is 4.79 Å². The molecular weight excluding hydrogens is 314 g/mol. The fourth-order valence-electron chi connectivity index (χ4n) is 1.44. The Morgan fingerprint density at radius 1 is 1.50 bits per heavy atom. The molecule has 0 saturated carbocycles. The molecule has 1 amide bonds. The number of halogens is 1. The first-order valence-corrected chi connectivity index (χ1v) is 9.00. The summed E-state index contributed by atoms with van der Waals surface area (Å²) < 4.78 is 0. The Morgan fingerprint density at radius 3 is 2.90 bits per heavy atom. The number of aliphatic hydroxyl groups is 1. The van der Waals surface area contributed by atoms with Crippen molar-refractivity contribution in [3.63, 3.8) is 0 Å². The van der Waals surface area contributed by atoms with Gasteiger partial charge in [-0.1, -0.05) is 29.8 Å². The van der Waals surface area contributed by atoms with Crippen molar-refractivity contribution in [1.29, 1.82) is 0 Å². The lowest BCUT2D eigenvalue weighted by molar-refractivity contribution is -0.117. The summed E-state index contributed by atoms with van der Waals surface area (Å²) in [5.74, 6) is 0.469. The largest absolute Gasteiger partial charge is 0.394 e. The van der Waals surface area contributed by atoms with Crippen molar-refractivity contribution < 1.29 is 9.90 Å². The number of nitrogens with one attached hydrogen (secondary N) is 1. The third-order valence-corrected chi connectivity index (χ3v) is 5.00. The molecule has 2 N–H and O–H groups in total. The van der Waals surface area contributed by atoms with Crippen molar-refractivity contribution >= 4 is 47.1 Å². The molecule has 1 atom stereocenters. The molecule has 0 heterocycles. The summed E-state index contributed by atoms with van der Waals surface area (Å²) in [6.45, 7) is -0.0624. The molecule has 0 spiro atoms. The van der Waals surface area contributed by atoms with E-state index in [1.807, 2.05) is 24.5 Å². The summed E-state index contributed by atoms with van der Waals surface area (Å²) in [4.78, 5) is 11.8. The monoisotopic (exact) mass is 331 g/mol. The molecule has 1 aromatic rings. The van der Waals surface area contributed by atoms with E-state index in [0.717, 1.165) is 10.6 Å². The topological polar surface area (TPSA) is 49.3 Å². The van der Waals surface area contributed by atoms with Crippen LogP contribution < -0.4 is 5.32 Å². The lowest BCUT2D eigenvalue weighted by Crippen LogP contribution is -2.38. The van der Waals surface area contributed by atoms with Crippen LogP contribution in [0.25, 0.3) is 6.08 Å². The van der Waals surface area contributed by atoms with E-state index < -0.39 is 0 Å². The van der Waals surface area contributed by atoms with E-state index >= 15 is 0 Å². The van der Waals surface area contributed by atoms with Crippen molar-refractivity contribution in [2.24, 2.45) is 0 Å². The molecule has 20 heavy (non-hydrogen) atoms. The number of benzene rings is 1. The van der Waals surface area contributed by atoms with Gasteiger partial charge in [0.2, 0.25) is 5.91 Å². The van der Waals surface area contributed by atoms with E-state index in [0.29, 0.717) is 10.8 Å². The van der Waals surface area contributed by atoms with Gasteiger partial charge < -0.3 is 10.4 Å². The van der Waals surface area contributed by atoms with E-state index in [-0.39, 0.29) is 18.6 Å². The van der Waals surface area contributed by atoms with Gasteiger partial charge in [-0.15, -0.1) is 11.8 Å². The maximum atomic E-state index is 11.8. The van der Waals surface area contributed by atoms with Gasteiger partial charge in [0.25, 0.3) is 0 Å². The number of thioether (sulfide) groups is 2. The first-order valence-electron chi connectivity index (χ1n) is 6.08. The van der Waals surface area contributed by atoms with Gasteiger partial charge in [-0.05, 0) is 24.0 Å². The highest BCUT2D eigenvalue weighted by molar-refractivity contribution is 8.15. The highest BCUT2D eigenvalue weighted by Crippen LogP contribution is 2.16. The van der Waals surface area contributed by atoms with Gasteiger partial charge in [-0.2, -0.15) is 11.8 Å². The van der Waals surface area contributed by atoms with E-state index in [1.54, 1.807) is 35.7 Å². The summed E-state index contributed by atoms with van der Waals surface area (Å²) in [7, 11) is 0. The molecule has 0 aliphatic rings. The summed E-state index contributed by atoms with van der Waals surface area (Å²) in [6, 6.07) is 7.08. The molecule has 1 rings (SSSR count). The van der Waals surface area contributed by atoms with Crippen LogP contribution in [-0.2, 0) is 4.79 Å². The molecule has 1 unspecified atom stereocenters. The van der Waals surface area contributed by atoms with Crippen molar-refractivity contribution in [2.75, 3.05) is 23.7 Å². The van der Waals surface area contributed by atoms with E-state index in [1.165, 1.54) is 6.08 Å². The van der Waals surface area contributed by atoms with Crippen molar-refractivity contribution in [3.05, 3.63) is 40.9 Å². The number of hydrogen-bond donors (Lipinski definition) is 2. The molecule has 0 saturated heterocycles. The van der Waals surface area contributed by atoms with Gasteiger partial charge in [0, 0.05) is 21.9 Å². The summed E-state index contributed by atoms with van der Waals surface area (Å²) in [6.07, 6.45) is 5.12. The Morgan fingerprint density at radius 2 is 2.25 bits per heavy atom. The third-order valence-electron chi connectivity index (χ3n) is 2.41. The summed E-state index contributed by atoms with van der Waals surface area (Å²) in [5.41, 5.74) is 0.793. The maximum absolute atomic E-state index is 11.8. The zero-order valence-electron chi connectivity index (χ0n) is 11.2. The Kier molecular flexibility index (Phi) is 8.85. The van der Waals surface area contributed by atoms with E-state index in [4.69, 9.17) is 11.6 Å². The lowest BCUT2D eigenvalue weighted by Gasteiger charge is -2.14. The molecule has 110 valence electrons. The molecule has 3 nitrogen and oxygen atoms in total. The Hall–Kier alpha value is -0.620. The van der Waals surface area contributed by atoms with Gasteiger partial charge in [-0.25, -0.2) is 0 Å². The quantitative estimate of drug-likeness (QED) is 0.437. The minimum absolute atomic E-state index is 0.0624. The highest BCUT2D eigenvalue weighted by Gasteiger charge is 2.09. The van der Waals surface area contributed by atoms with E-state index in [9.17, 15) is 9.90 Å². The van der Waals surface area contributed by atoms with E-state index in [2.05, 4.69) is 5.32 Å². The molecule has 0 aliphatic heterocycles.